The van der Waals surface area contributed by atoms with Gasteiger partial charge in [0.05, 0.1) is 11.6 Å². The molecule has 0 saturated heterocycles. The number of carbonyl (C=O) groups excluding carboxylic acids is 1. The van der Waals surface area contributed by atoms with Gasteiger partial charge < -0.3 is 20.5 Å². The van der Waals surface area contributed by atoms with Gasteiger partial charge in [-0.1, -0.05) is 11.6 Å². The fraction of sp³-hybridized carbons (Fsp3) is 0.467. The van der Waals surface area contributed by atoms with E-state index in [9.17, 15) is 22.8 Å². The van der Waals surface area contributed by atoms with Crippen molar-refractivity contribution in [3.8, 4) is 5.75 Å². The van der Waals surface area contributed by atoms with E-state index in [1.165, 1.54) is 6.07 Å². The van der Waals surface area contributed by atoms with E-state index in [4.69, 9.17) is 16.7 Å². The molecule has 1 aliphatic carbocycles. The maximum atomic E-state index is 12.4. The molecule has 2 rings (SSSR count). The van der Waals surface area contributed by atoms with E-state index < -0.39 is 30.0 Å². The Bertz CT molecular complexity index is 646. The van der Waals surface area contributed by atoms with Crippen LogP contribution in [0.3, 0.4) is 0 Å². The van der Waals surface area contributed by atoms with Gasteiger partial charge >= 0.3 is 18.4 Å². The first kappa shape index (κ1) is 19.2. The lowest BCUT2D eigenvalue weighted by Gasteiger charge is -2.27. The molecule has 0 radical (unpaired) electrons. The number of urea groups is 1. The molecule has 6 nitrogen and oxygen atoms in total. The number of amides is 2. The Balaban J connectivity index is 1.96. The van der Waals surface area contributed by atoms with Crippen molar-refractivity contribution in [3.63, 3.8) is 0 Å². The Hall–Kier alpha value is -2.16. The normalized spacial score (nSPS) is 20.6. The van der Waals surface area contributed by atoms with Crippen LogP contribution in [0.1, 0.15) is 25.7 Å². The average molecular weight is 381 g/mol. The molecule has 3 N–H and O–H groups in total. The predicted molar refractivity (Wildman–Crippen MR) is 83.7 cm³/mol. The first-order valence-electron chi connectivity index (χ1n) is 7.49. The quantitative estimate of drug-likeness (QED) is 0.736. The van der Waals surface area contributed by atoms with Crippen LogP contribution in [-0.2, 0) is 4.79 Å². The number of carboxylic acids is 1. The van der Waals surface area contributed by atoms with Gasteiger partial charge in [-0.05, 0) is 43.9 Å². The number of hydrogen-bond donors (Lipinski definition) is 3. The Morgan fingerprint density at radius 3 is 2.40 bits per heavy atom. The Morgan fingerprint density at radius 1 is 1.20 bits per heavy atom. The molecule has 1 aromatic carbocycles. The van der Waals surface area contributed by atoms with Crippen LogP contribution < -0.4 is 15.4 Å². The summed E-state index contributed by atoms with van der Waals surface area (Å²) in [5, 5.41) is 14.0. The molecule has 25 heavy (non-hydrogen) atoms. The minimum absolute atomic E-state index is 0.131. The lowest BCUT2D eigenvalue weighted by molar-refractivity contribution is -0.274. The highest BCUT2D eigenvalue weighted by Crippen LogP contribution is 2.32. The van der Waals surface area contributed by atoms with Gasteiger partial charge in [-0.3, -0.25) is 4.79 Å². The van der Waals surface area contributed by atoms with Crippen molar-refractivity contribution in [3.05, 3.63) is 23.2 Å². The Labute approximate surface area is 146 Å². The number of anilines is 1. The van der Waals surface area contributed by atoms with Crippen molar-refractivity contribution >= 4 is 29.3 Å². The second kappa shape index (κ2) is 7.81. The van der Waals surface area contributed by atoms with Crippen molar-refractivity contribution in [1.29, 1.82) is 0 Å². The zero-order valence-electron chi connectivity index (χ0n) is 12.9. The number of rotatable bonds is 4. The first-order chi connectivity index (χ1) is 11.6. The summed E-state index contributed by atoms with van der Waals surface area (Å²) in [7, 11) is 0. The molecule has 0 bridgehead atoms. The second-order valence-electron chi connectivity index (χ2n) is 5.67. The summed E-state index contributed by atoms with van der Waals surface area (Å²) in [6.07, 6.45) is -3.09. The number of nitrogens with one attached hydrogen (secondary N) is 2. The number of halogens is 4. The first-order valence-corrected chi connectivity index (χ1v) is 7.87. The number of carboxylic acid groups (broad SMARTS) is 1. The van der Waals surface area contributed by atoms with Crippen LogP contribution in [-0.4, -0.2) is 29.5 Å². The van der Waals surface area contributed by atoms with E-state index in [1.807, 2.05) is 0 Å². The third kappa shape index (κ3) is 6.00. The number of hydrogen-bond acceptors (Lipinski definition) is 3. The zero-order chi connectivity index (χ0) is 18.6. The lowest BCUT2D eigenvalue weighted by Crippen LogP contribution is -2.41. The molecule has 0 unspecified atom stereocenters. The van der Waals surface area contributed by atoms with E-state index >= 15 is 0 Å². The highest BCUT2D eigenvalue weighted by atomic mass is 35.5. The van der Waals surface area contributed by atoms with E-state index in [0.717, 1.165) is 12.1 Å². The van der Waals surface area contributed by atoms with Crippen LogP contribution in [0.4, 0.5) is 23.7 Å². The number of aliphatic carboxylic acids is 1. The summed E-state index contributed by atoms with van der Waals surface area (Å²) < 4.78 is 41.1. The summed E-state index contributed by atoms with van der Waals surface area (Å²) >= 11 is 5.74. The molecule has 1 saturated carbocycles. The average Bonchev–Trinajstić information content (AvgIpc) is 2.49. The molecule has 0 aromatic heterocycles. The minimum Gasteiger partial charge on any atom is -0.481 e. The van der Waals surface area contributed by atoms with E-state index in [0.29, 0.717) is 25.7 Å². The second-order valence-corrected chi connectivity index (χ2v) is 6.11. The topological polar surface area (TPSA) is 87.7 Å². The number of alkyl halides is 3. The molecule has 10 heteroatoms. The van der Waals surface area contributed by atoms with Gasteiger partial charge in [0.1, 0.15) is 0 Å². The summed E-state index contributed by atoms with van der Waals surface area (Å²) in [6.45, 7) is 0. The summed E-state index contributed by atoms with van der Waals surface area (Å²) in [6, 6.07) is 2.39. The lowest BCUT2D eigenvalue weighted by atomic mass is 9.86. The van der Waals surface area contributed by atoms with Gasteiger partial charge in [0, 0.05) is 11.1 Å². The smallest absolute Gasteiger partial charge is 0.481 e. The maximum Gasteiger partial charge on any atom is 0.573 e. The van der Waals surface area contributed by atoms with Gasteiger partial charge in [0.25, 0.3) is 0 Å². The molecule has 2 amide bonds. The van der Waals surface area contributed by atoms with Crippen molar-refractivity contribution in [1.82, 2.24) is 5.32 Å². The molecule has 138 valence electrons. The standard InChI is InChI=1S/C15H16ClF3N2O4/c16-9-3-6-12(25-15(17,18)19)11(7-9)21-14(24)20-10-4-1-8(2-5-10)13(22)23/h3,6-8,10H,1-2,4-5H2,(H,22,23)(H2,20,21,24). The third-order valence-corrected chi connectivity index (χ3v) is 4.06. The van der Waals surface area contributed by atoms with Crippen molar-refractivity contribution in [2.24, 2.45) is 5.92 Å². The van der Waals surface area contributed by atoms with Crippen molar-refractivity contribution in [2.75, 3.05) is 5.32 Å². The molecule has 0 atom stereocenters. The van der Waals surface area contributed by atoms with E-state index in [-0.39, 0.29) is 16.8 Å². The monoisotopic (exact) mass is 380 g/mol. The summed E-state index contributed by atoms with van der Waals surface area (Å²) in [5.74, 6) is -1.88. The number of carbonyl (C=O) groups is 2. The van der Waals surface area contributed by atoms with Gasteiger partial charge in [-0.15, -0.1) is 13.2 Å². The highest BCUT2D eigenvalue weighted by Gasteiger charge is 2.32. The van der Waals surface area contributed by atoms with Crippen LogP contribution in [0.25, 0.3) is 0 Å². The van der Waals surface area contributed by atoms with Crippen LogP contribution >= 0.6 is 11.6 Å². The fourth-order valence-corrected chi connectivity index (χ4v) is 2.81. The molecule has 1 aliphatic rings. The van der Waals surface area contributed by atoms with Crippen molar-refractivity contribution < 1.29 is 32.6 Å². The van der Waals surface area contributed by atoms with Gasteiger partial charge in [0.15, 0.2) is 5.75 Å². The van der Waals surface area contributed by atoms with Crippen LogP contribution in [0.2, 0.25) is 5.02 Å². The number of ether oxygens (including phenoxy) is 1. The molecular formula is C15H16ClF3N2O4. The maximum absolute atomic E-state index is 12.4. The molecule has 0 spiro atoms. The molecule has 1 fully saturated rings. The SMILES string of the molecule is O=C(Nc1cc(Cl)ccc1OC(F)(F)F)NC1CCC(C(=O)O)CC1. The largest absolute Gasteiger partial charge is 0.573 e. The molecule has 0 heterocycles. The summed E-state index contributed by atoms with van der Waals surface area (Å²) in [5.41, 5.74) is -0.221. The molecular weight excluding hydrogens is 365 g/mol. The van der Waals surface area contributed by atoms with E-state index in [2.05, 4.69) is 15.4 Å². The Morgan fingerprint density at radius 2 is 1.84 bits per heavy atom. The minimum atomic E-state index is -4.91. The zero-order valence-corrected chi connectivity index (χ0v) is 13.7. The van der Waals surface area contributed by atoms with Crippen molar-refractivity contribution in [2.45, 2.75) is 38.1 Å². The highest BCUT2D eigenvalue weighted by molar-refractivity contribution is 6.31. The summed E-state index contributed by atoms with van der Waals surface area (Å²) in [4.78, 5) is 22.9. The number of benzene rings is 1. The van der Waals surface area contributed by atoms with Gasteiger partial charge in [0.2, 0.25) is 0 Å². The Kier molecular flexibility index (Phi) is 5.99. The predicted octanol–water partition coefficient (Wildman–Crippen LogP) is 4.00. The molecule has 0 aliphatic heterocycles. The van der Waals surface area contributed by atoms with Gasteiger partial charge in [-0.2, -0.15) is 0 Å². The third-order valence-electron chi connectivity index (χ3n) is 3.83. The molecule has 1 aromatic rings. The van der Waals surface area contributed by atoms with Crippen LogP contribution in [0.15, 0.2) is 18.2 Å². The fourth-order valence-electron chi connectivity index (χ4n) is 2.64. The van der Waals surface area contributed by atoms with Crippen LogP contribution in [0, 0.1) is 5.92 Å². The van der Waals surface area contributed by atoms with Crippen LogP contribution in [0.5, 0.6) is 5.75 Å². The van der Waals surface area contributed by atoms with E-state index in [1.54, 1.807) is 0 Å². The van der Waals surface area contributed by atoms with Gasteiger partial charge in [-0.25, -0.2) is 4.79 Å².